The standard InChI is InChI=1S/C15H25N5O2/c1-3-12(2)19-15(21)13-10-18-14(11-17-13)16-4-5-20-6-8-22-9-7-20/h10-12H,3-9H2,1-2H3,(H,16,18)(H,19,21). The minimum atomic E-state index is -0.179. The number of aromatic nitrogens is 2. The van der Waals surface area contributed by atoms with Crippen LogP contribution >= 0.6 is 0 Å². The van der Waals surface area contributed by atoms with Crippen molar-refractivity contribution < 1.29 is 9.53 Å². The molecule has 7 heteroatoms. The lowest BCUT2D eigenvalue weighted by Gasteiger charge is -2.26. The van der Waals surface area contributed by atoms with Crippen molar-refractivity contribution >= 4 is 11.7 Å². The van der Waals surface area contributed by atoms with Crippen molar-refractivity contribution in [2.45, 2.75) is 26.3 Å². The maximum Gasteiger partial charge on any atom is 0.271 e. The van der Waals surface area contributed by atoms with Gasteiger partial charge in [0.25, 0.3) is 5.91 Å². The van der Waals surface area contributed by atoms with E-state index < -0.39 is 0 Å². The molecule has 1 aliphatic rings. The van der Waals surface area contributed by atoms with Crippen LogP contribution in [0.1, 0.15) is 30.8 Å². The van der Waals surface area contributed by atoms with Gasteiger partial charge in [0.1, 0.15) is 11.5 Å². The third kappa shape index (κ3) is 5.23. The number of carbonyl (C=O) groups is 1. The Morgan fingerprint density at radius 3 is 2.77 bits per heavy atom. The molecule has 7 nitrogen and oxygen atoms in total. The molecule has 0 saturated carbocycles. The van der Waals surface area contributed by atoms with Crippen LogP contribution in [0.3, 0.4) is 0 Å². The minimum absolute atomic E-state index is 0.139. The number of anilines is 1. The lowest BCUT2D eigenvalue weighted by molar-refractivity contribution is 0.0398. The molecule has 0 spiro atoms. The van der Waals surface area contributed by atoms with Crippen LogP contribution < -0.4 is 10.6 Å². The van der Waals surface area contributed by atoms with Crippen LogP contribution in [0.25, 0.3) is 0 Å². The van der Waals surface area contributed by atoms with E-state index in [9.17, 15) is 4.79 Å². The highest BCUT2D eigenvalue weighted by atomic mass is 16.5. The van der Waals surface area contributed by atoms with Crippen molar-refractivity contribution in [2.75, 3.05) is 44.7 Å². The zero-order valence-electron chi connectivity index (χ0n) is 13.3. The SMILES string of the molecule is CCC(C)NC(=O)c1cnc(NCCN2CCOCC2)cn1. The fourth-order valence-corrected chi connectivity index (χ4v) is 2.10. The molecule has 1 saturated heterocycles. The molecule has 0 aromatic carbocycles. The van der Waals surface area contributed by atoms with E-state index in [0.717, 1.165) is 45.8 Å². The van der Waals surface area contributed by atoms with Crippen LogP contribution in [-0.2, 0) is 4.74 Å². The summed E-state index contributed by atoms with van der Waals surface area (Å²) >= 11 is 0. The molecule has 1 aromatic heterocycles. The van der Waals surface area contributed by atoms with Crippen LogP contribution in [0.5, 0.6) is 0 Å². The molecule has 1 atom stereocenters. The third-order valence-electron chi connectivity index (χ3n) is 3.71. The molecule has 0 bridgehead atoms. The van der Waals surface area contributed by atoms with E-state index in [1.807, 2.05) is 13.8 Å². The number of amides is 1. The monoisotopic (exact) mass is 307 g/mol. The van der Waals surface area contributed by atoms with Crippen LogP contribution in [0.2, 0.25) is 0 Å². The molecule has 1 aliphatic heterocycles. The van der Waals surface area contributed by atoms with E-state index in [1.165, 1.54) is 6.20 Å². The van der Waals surface area contributed by atoms with Crippen LogP contribution in [0, 0.1) is 0 Å². The van der Waals surface area contributed by atoms with Gasteiger partial charge in [0.2, 0.25) is 0 Å². The summed E-state index contributed by atoms with van der Waals surface area (Å²) in [6.07, 6.45) is 4.00. The summed E-state index contributed by atoms with van der Waals surface area (Å²) < 4.78 is 5.31. The molecular weight excluding hydrogens is 282 g/mol. The summed E-state index contributed by atoms with van der Waals surface area (Å²) in [5.74, 6) is 0.509. The number of rotatable bonds is 7. The molecule has 0 aliphatic carbocycles. The highest BCUT2D eigenvalue weighted by molar-refractivity contribution is 5.92. The van der Waals surface area contributed by atoms with Crippen molar-refractivity contribution in [1.29, 1.82) is 0 Å². The summed E-state index contributed by atoms with van der Waals surface area (Å²) in [4.78, 5) is 22.6. The van der Waals surface area contributed by atoms with E-state index in [4.69, 9.17) is 4.74 Å². The maximum atomic E-state index is 11.9. The zero-order valence-corrected chi connectivity index (χ0v) is 13.3. The molecule has 1 fully saturated rings. The minimum Gasteiger partial charge on any atom is -0.379 e. The van der Waals surface area contributed by atoms with E-state index in [2.05, 4.69) is 25.5 Å². The number of hydrogen-bond donors (Lipinski definition) is 2. The molecule has 2 N–H and O–H groups in total. The van der Waals surface area contributed by atoms with Crippen LogP contribution in [0.15, 0.2) is 12.4 Å². The summed E-state index contributed by atoms with van der Waals surface area (Å²) in [5.41, 5.74) is 0.346. The first-order valence-electron chi connectivity index (χ1n) is 7.86. The zero-order chi connectivity index (χ0) is 15.8. The van der Waals surface area contributed by atoms with Gasteiger partial charge in [-0.2, -0.15) is 0 Å². The van der Waals surface area contributed by atoms with Crippen LogP contribution in [0.4, 0.5) is 5.82 Å². The van der Waals surface area contributed by atoms with Gasteiger partial charge in [0.05, 0.1) is 25.6 Å². The number of ether oxygens (including phenoxy) is 1. The van der Waals surface area contributed by atoms with Gasteiger partial charge >= 0.3 is 0 Å². The smallest absolute Gasteiger partial charge is 0.271 e. The summed E-state index contributed by atoms with van der Waals surface area (Å²) in [7, 11) is 0. The number of carbonyl (C=O) groups excluding carboxylic acids is 1. The average Bonchev–Trinajstić information content (AvgIpc) is 2.56. The molecule has 122 valence electrons. The average molecular weight is 307 g/mol. The van der Waals surface area contributed by atoms with E-state index in [-0.39, 0.29) is 11.9 Å². The Kier molecular flexibility index (Phi) is 6.54. The lowest BCUT2D eigenvalue weighted by Crippen LogP contribution is -2.39. The Balaban J connectivity index is 1.75. The van der Waals surface area contributed by atoms with Crippen molar-refractivity contribution in [2.24, 2.45) is 0 Å². The summed E-state index contributed by atoms with van der Waals surface area (Å²) in [6.45, 7) is 9.29. The summed E-state index contributed by atoms with van der Waals surface area (Å²) in [5, 5.41) is 6.09. The predicted molar refractivity (Wildman–Crippen MR) is 85.0 cm³/mol. The van der Waals surface area contributed by atoms with Crippen molar-refractivity contribution in [1.82, 2.24) is 20.2 Å². The van der Waals surface area contributed by atoms with Gasteiger partial charge in [-0.15, -0.1) is 0 Å². The van der Waals surface area contributed by atoms with E-state index in [1.54, 1.807) is 6.20 Å². The van der Waals surface area contributed by atoms with E-state index in [0.29, 0.717) is 11.5 Å². The quantitative estimate of drug-likeness (QED) is 0.774. The van der Waals surface area contributed by atoms with Gasteiger partial charge < -0.3 is 15.4 Å². The lowest BCUT2D eigenvalue weighted by atomic mass is 10.2. The molecule has 22 heavy (non-hydrogen) atoms. The second-order valence-corrected chi connectivity index (χ2v) is 5.45. The van der Waals surface area contributed by atoms with E-state index >= 15 is 0 Å². The fourth-order valence-electron chi connectivity index (χ4n) is 2.10. The van der Waals surface area contributed by atoms with Crippen molar-refractivity contribution in [3.63, 3.8) is 0 Å². The van der Waals surface area contributed by atoms with Gasteiger partial charge in [-0.25, -0.2) is 9.97 Å². The normalized spacial score (nSPS) is 17.0. The Labute approximate surface area is 131 Å². The number of hydrogen-bond acceptors (Lipinski definition) is 6. The van der Waals surface area contributed by atoms with Gasteiger partial charge in [0.15, 0.2) is 0 Å². The van der Waals surface area contributed by atoms with Gasteiger partial charge in [-0.1, -0.05) is 6.92 Å². The van der Waals surface area contributed by atoms with Gasteiger partial charge in [-0.3, -0.25) is 9.69 Å². The highest BCUT2D eigenvalue weighted by Gasteiger charge is 2.11. The Morgan fingerprint density at radius 2 is 2.14 bits per heavy atom. The highest BCUT2D eigenvalue weighted by Crippen LogP contribution is 2.02. The molecule has 2 heterocycles. The largest absolute Gasteiger partial charge is 0.379 e. The number of morpholine rings is 1. The molecule has 2 rings (SSSR count). The molecule has 1 aromatic rings. The van der Waals surface area contributed by atoms with Crippen LogP contribution in [-0.4, -0.2) is 66.2 Å². The number of nitrogens with zero attached hydrogens (tertiary/aromatic N) is 3. The van der Waals surface area contributed by atoms with Gasteiger partial charge in [-0.05, 0) is 13.3 Å². The third-order valence-corrected chi connectivity index (χ3v) is 3.71. The van der Waals surface area contributed by atoms with Crippen molar-refractivity contribution in [3.8, 4) is 0 Å². The molecule has 0 radical (unpaired) electrons. The molecule has 1 amide bonds. The summed E-state index contributed by atoms with van der Waals surface area (Å²) in [6, 6.07) is 0.139. The molecular formula is C15H25N5O2. The maximum absolute atomic E-state index is 11.9. The second-order valence-electron chi connectivity index (χ2n) is 5.45. The topological polar surface area (TPSA) is 79.4 Å². The van der Waals surface area contributed by atoms with Gasteiger partial charge in [0, 0.05) is 32.2 Å². The number of nitrogens with one attached hydrogen (secondary N) is 2. The predicted octanol–water partition coefficient (Wildman–Crippen LogP) is 0.749. The molecule has 1 unspecified atom stereocenters. The second kappa shape index (κ2) is 8.65. The Morgan fingerprint density at radius 1 is 1.36 bits per heavy atom. The Hall–Kier alpha value is -1.73. The first-order valence-corrected chi connectivity index (χ1v) is 7.86. The first-order chi connectivity index (χ1) is 10.7. The first kappa shape index (κ1) is 16.6. The Bertz CT molecular complexity index is 460. The fraction of sp³-hybridized carbons (Fsp3) is 0.667. The van der Waals surface area contributed by atoms with Crippen molar-refractivity contribution in [3.05, 3.63) is 18.1 Å².